The molecule has 0 aliphatic carbocycles. The molecule has 0 atom stereocenters. The van der Waals surface area contributed by atoms with Gasteiger partial charge in [0.1, 0.15) is 10.7 Å². The van der Waals surface area contributed by atoms with E-state index in [4.69, 9.17) is 5.73 Å². The Hall–Kier alpha value is -2.55. The number of hydrogen-bond donors (Lipinski definition) is 2. The van der Waals surface area contributed by atoms with E-state index in [1.54, 1.807) is 18.2 Å². The third-order valence-electron chi connectivity index (χ3n) is 3.42. The Balaban J connectivity index is 0.000000758. The van der Waals surface area contributed by atoms with Crippen LogP contribution in [-0.2, 0) is 16.6 Å². The normalized spacial score (nSPS) is 10.9. The van der Waals surface area contributed by atoms with Crippen LogP contribution in [0.25, 0.3) is 11.3 Å². The predicted molar refractivity (Wildman–Crippen MR) is 99.5 cm³/mol. The van der Waals surface area contributed by atoms with E-state index in [0.29, 0.717) is 5.56 Å². The van der Waals surface area contributed by atoms with Gasteiger partial charge in [-0.1, -0.05) is 12.1 Å². The first-order valence-corrected chi connectivity index (χ1v) is 9.30. The molecule has 3 rings (SSSR count). The molecule has 0 fully saturated rings. The highest BCUT2D eigenvalue weighted by Crippen LogP contribution is 2.28. The lowest BCUT2D eigenvalue weighted by Gasteiger charge is -2.10. The molecular formula is C18H21FN4O2S. The summed E-state index contributed by atoms with van der Waals surface area (Å²) in [6.45, 7) is 0.150. The third-order valence-corrected chi connectivity index (χ3v) is 5.08. The van der Waals surface area contributed by atoms with Crippen LogP contribution in [0.15, 0.2) is 66.0 Å². The molecule has 8 heteroatoms. The van der Waals surface area contributed by atoms with Crippen molar-refractivity contribution in [1.29, 1.82) is 0 Å². The van der Waals surface area contributed by atoms with E-state index in [0.717, 1.165) is 3.97 Å². The number of benzene rings is 1. The van der Waals surface area contributed by atoms with E-state index in [9.17, 15) is 12.8 Å². The van der Waals surface area contributed by atoms with Crippen molar-refractivity contribution in [2.24, 2.45) is 5.73 Å². The van der Waals surface area contributed by atoms with Crippen LogP contribution in [0.2, 0.25) is 0 Å². The van der Waals surface area contributed by atoms with Gasteiger partial charge in [0, 0.05) is 30.7 Å². The third kappa shape index (κ3) is 4.16. The smallest absolute Gasteiger partial charge is 0.269 e. The van der Waals surface area contributed by atoms with E-state index in [1.807, 2.05) is 14.1 Å². The average Bonchev–Trinajstić information content (AvgIpc) is 3.09. The fraction of sp³-hybridized carbons (Fsp3) is 0.167. The lowest BCUT2D eigenvalue weighted by atomic mass is 10.1. The molecule has 0 saturated heterocycles. The van der Waals surface area contributed by atoms with Crippen LogP contribution < -0.4 is 11.1 Å². The van der Waals surface area contributed by atoms with Gasteiger partial charge < -0.3 is 11.1 Å². The fourth-order valence-corrected chi connectivity index (χ4v) is 3.64. The van der Waals surface area contributed by atoms with Gasteiger partial charge >= 0.3 is 0 Å². The highest BCUT2D eigenvalue weighted by atomic mass is 32.2. The molecule has 3 aromatic rings. The van der Waals surface area contributed by atoms with Gasteiger partial charge in [0.2, 0.25) is 0 Å². The second kappa shape index (κ2) is 8.70. The molecule has 0 radical (unpaired) electrons. The molecule has 6 nitrogen and oxygen atoms in total. The molecule has 0 spiro atoms. The van der Waals surface area contributed by atoms with Gasteiger partial charge in [-0.05, 0) is 50.0 Å². The Bertz CT molecular complexity index is 956. The molecule has 1 aromatic carbocycles. The molecule has 0 bridgehead atoms. The summed E-state index contributed by atoms with van der Waals surface area (Å²) in [5.74, 6) is -0.503. The van der Waals surface area contributed by atoms with Crippen LogP contribution in [0.1, 0.15) is 5.56 Å². The highest BCUT2D eigenvalue weighted by Gasteiger charge is 2.23. The maximum absolute atomic E-state index is 14.1. The fourth-order valence-electron chi connectivity index (χ4n) is 2.29. The van der Waals surface area contributed by atoms with Crippen molar-refractivity contribution >= 4 is 10.0 Å². The molecule has 2 heterocycles. The molecule has 0 amide bonds. The summed E-state index contributed by atoms with van der Waals surface area (Å²) in [6.07, 6.45) is 4.14. The zero-order valence-corrected chi connectivity index (χ0v) is 15.4. The van der Waals surface area contributed by atoms with Crippen molar-refractivity contribution < 1.29 is 12.8 Å². The van der Waals surface area contributed by atoms with Gasteiger partial charge in [0.15, 0.2) is 0 Å². The Morgan fingerprint density at radius 3 is 2.46 bits per heavy atom. The number of hydrogen-bond acceptors (Lipinski definition) is 5. The molecule has 26 heavy (non-hydrogen) atoms. The molecule has 0 unspecified atom stereocenters. The zero-order chi connectivity index (χ0) is 19.2. The van der Waals surface area contributed by atoms with Crippen LogP contribution in [0.5, 0.6) is 0 Å². The van der Waals surface area contributed by atoms with Gasteiger partial charge in [-0.25, -0.2) is 16.8 Å². The number of aromatic nitrogens is 2. The summed E-state index contributed by atoms with van der Waals surface area (Å²) in [5.41, 5.74) is 6.63. The largest absolute Gasteiger partial charge is 0.326 e. The SMILES string of the molecule is CNC.NCc1cc(-c2ccccc2F)n(S(=O)(=O)c2cccnc2)c1. The van der Waals surface area contributed by atoms with Gasteiger partial charge in [0.05, 0.1) is 5.69 Å². The Morgan fingerprint density at radius 1 is 1.19 bits per heavy atom. The van der Waals surface area contributed by atoms with Crippen LogP contribution in [0.3, 0.4) is 0 Å². The average molecular weight is 376 g/mol. The highest BCUT2D eigenvalue weighted by molar-refractivity contribution is 7.90. The zero-order valence-electron chi connectivity index (χ0n) is 14.6. The topological polar surface area (TPSA) is 90.0 Å². The van der Waals surface area contributed by atoms with Gasteiger partial charge in [-0.15, -0.1) is 0 Å². The maximum Gasteiger partial charge on any atom is 0.269 e. The molecular weight excluding hydrogens is 355 g/mol. The van der Waals surface area contributed by atoms with Crippen molar-refractivity contribution in [3.63, 3.8) is 0 Å². The minimum absolute atomic E-state index is 0.0248. The van der Waals surface area contributed by atoms with Crippen LogP contribution in [0, 0.1) is 5.82 Å². The van der Waals surface area contributed by atoms with Crippen LogP contribution >= 0.6 is 0 Å². The number of nitrogens with zero attached hydrogens (tertiary/aromatic N) is 2. The first-order chi connectivity index (χ1) is 12.5. The van der Waals surface area contributed by atoms with Crippen molar-refractivity contribution in [1.82, 2.24) is 14.3 Å². The van der Waals surface area contributed by atoms with E-state index in [1.165, 1.54) is 42.9 Å². The summed E-state index contributed by atoms with van der Waals surface area (Å²) < 4.78 is 40.8. The summed E-state index contributed by atoms with van der Waals surface area (Å²) in [4.78, 5) is 3.86. The number of halogens is 1. The van der Waals surface area contributed by atoms with E-state index in [-0.39, 0.29) is 22.7 Å². The molecule has 3 N–H and O–H groups in total. The first kappa shape index (κ1) is 19.8. The first-order valence-electron chi connectivity index (χ1n) is 7.86. The standard InChI is InChI=1S/C16H14FN3O2S.C2H7N/c17-15-6-2-1-5-14(15)16-8-12(9-18)11-20(16)23(21,22)13-4-3-7-19-10-13;1-3-2/h1-8,10-11H,9,18H2;3H,1-2H3. The monoisotopic (exact) mass is 376 g/mol. The lowest BCUT2D eigenvalue weighted by Crippen LogP contribution is -2.13. The molecule has 2 aromatic heterocycles. The van der Waals surface area contributed by atoms with E-state index < -0.39 is 15.8 Å². The lowest BCUT2D eigenvalue weighted by molar-refractivity contribution is 0.587. The van der Waals surface area contributed by atoms with Gasteiger partial charge in [-0.3, -0.25) is 4.98 Å². The Kier molecular flexibility index (Phi) is 6.62. The van der Waals surface area contributed by atoms with Crippen molar-refractivity contribution in [3.05, 3.63) is 72.4 Å². The summed E-state index contributed by atoms with van der Waals surface area (Å²) in [5, 5.41) is 2.75. The Labute approximate surface area is 152 Å². The van der Waals surface area contributed by atoms with E-state index >= 15 is 0 Å². The van der Waals surface area contributed by atoms with Gasteiger partial charge in [0.25, 0.3) is 10.0 Å². The molecule has 0 aliphatic rings. The molecule has 0 aliphatic heterocycles. The number of nitrogens with two attached hydrogens (primary N) is 1. The molecule has 138 valence electrons. The van der Waals surface area contributed by atoms with Crippen LogP contribution in [0.4, 0.5) is 4.39 Å². The van der Waals surface area contributed by atoms with Crippen molar-refractivity contribution in [3.8, 4) is 11.3 Å². The predicted octanol–water partition coefficient (Wildman–Crippen LogP) is 2.22. The number of rotatable bonds is 4. The second-order valence-corrected chi connectivity index (χ2v) is 7.22. The number of nitrogens with one attached hydrogen (secondary N) is 1. The summed E-state index contributed by atoms with van der Waals surface area (Å²) >= 11 is 0. The maximum atomic E-state index is 14.1. The quantitative estimate of drug-likeness (QED) is 0.729. The summed E-state index contributed by atoms with van der Waals surface area (Å²) in [6, 6.07) is 10.6. The summed E-state index contributed by atoms with van der Waals surface area (Å²) in [7, 11) is -0.142. The van der Waals surface area contributed by atoms with Crippen molar-refractivity contribution in [2.45, 2.75) is 11.4 Å². The van der Waals surface area contributed by atoms with Crippen LogP contribution in [-0.4, -0.2) is 31.5 Å². The second-order valence-electron chi connectivity index (χ2n) is 5.41. The Morgan fingerprint density at radius 2 is 1.88 bits per heavy atom. The minimum Gasteiger partial charge on any atom is -0.326 e. The van der Waals surface area contributed by atoms with Crippen molar-refractivity contribution in [2.75, 3.05) is 14.1 Å². The molecule has 0 saturated carbocycles. The minimum atomic E-state index is -3.89. The van der Waals surface area contributed by atoms with E-state index in [2.05, 4.69) is 10.3 Å². The van der Waals surface area contributed by atoms with Gasteiger partial charge in [-0.2, -0.15) is 0 Å². The number of pyridine rings is 1.